The summed E-state index contributed by atoms with van der Waals surface area (Å²) in [4.78, 5) is 5.77. The maximum Gasteiger partial charge on any atom is 0.197 e. The predicted molar refractivity (Wildman–Crippen MR) is 82.8 cm³/mol. The van der Waals surface area contributed by atoms with Crippen molar-refractivity contribution in [1.29, 1.82) is 0 Å². The van der Waals surface area contributed by atoms with E-state index in [-0.39, 0.29) is 0 Å². The number of hydrogen-bond acceptors (Lipinski definition) is 6. The second-order valence-electron chi connectivity index (χ2n) is 5.27. The van der Waals surface area contributed by atoms with Gasteiger partial charge in [-0.25, -0.2) is 4.98 Å². The lowest BCUT2D eigenvalue weighted by molar-refractivity contribution is 0.660. The fourth-order valence-electron chi connectivity index (χ4n) is 2.15. The van der Waals surface area contributed by atoms with Crippen LogP contribution in [0, 0.1) is 6.92 Å². The summed E-state index contributed by atoms with van der Waals surface area (Å²) in [5, 5.41) is 15.9. The molecule has 3 heterocycles. The van der Waals surface area contributed by atoms with Gasteiger partial charge in [-0.05, 0) is 31.5 Å². The largest absolute Gasteiger partial charge is 0.309 e. The second-order valence-corrected chi connectivity index (χ2v) is 7.09. The molecule has 0 bridgehead atoms. The molecule has 0 spiro atoms. The molecule has 4 rings (SSSR count). The highest BCUT2D eigenvalue weighted by atomic mass is 32.2. The molecule has 0 aliphatic heterocycles. The molecule has 6 nitrogen and oxygen atoms in total. The van der Waals surface area contributed by atoms with Crippen molar-refractivity contribution in [3.8, 4) is 0 Å². The van der Waals surface area contributed by atoms with E-state index in [4.69, 9.17) is 4.98 Å². The van der Waals surface area contributed by atoms with Gasteiger partial charge < -0.3 is 9.88 Å². The second kappa shape index (κ2) is 5.11. The maximum atomic E-state index is 4.74. The number of aryl methyl sites for hydroxylation is 1. The van der Waals surface area contributed by atoms with Crippen LogP contribution in [0.25, 0.3) is 4.96 Å². The zero-order valence-corrected chi connectivity index (χ0v) is 13.5. The highest BCUT2D eigenvalue weighted by Gasteiger charge is 2.23. The van der Waals surface area contributed by atoms with Crippen LogP contribution in [0.5, 0.6) is 0 Å². The van der Waals surface area contributed by atoms with Gasteiger partial charge in [0.2, 0.25) is 0 Å². The van der Waals surface area contributed by atoms with Crippen molar-refractivity contribution in [2.45, 2.75) is 42.5 Å². The minimum absolute atomic E-state index is 0.684. The van der Waals surface area contributed by atoms with E-state index in [1.807, 2.05) is 18.5 Å². The Morgan fingerprint density at radius 2 is 2.29 bits per heavy atom. The summed E-state index contributed by atoms with van der Waals surface area (Å²) in [7, 11) is 1.98. The van der Waals surface area contributed by atoms with E-state index in [1.54, 1.807) is 23.1 Å². The van der Waals surface area contributed by atoms with Gasteiger partial charge in [-0.2, -0.15) is 0 Å². The Hall–Kier alpha value is -1.38. The van der Waals surface area contributed by atoms with Crippen molar-refractivity contribution in [2.24, 2.45) is 7.05 Å². The van der Waals surface area contributed by atoms with E-state index in [1.165, 1.54) is 18.5 Å². The zero-order chi connectivity index (χ0) is 14.4. The molecule has 1 aliphatic rings. The van der Waals surface area contributed by atoms with Crippen molar-refractivity contribution in [3.05, 3.63) is 23.1 Å². The number of rotatable bonds is 5. The average Bonchev–Trinajstić information content (AvgIpc) is 2.98. The number of fused-ring (bicyclic) bond motifs is 1. The molecule has 21 heavy (non-hydrogen) atoms. The highest BCUT2D eigenvalue weighted by Crippen LogP contribution is 2.31. The van der Waals surface area contributed by atoms with E-state index in [2.05, 4.69) is 31.5 Å². The molecule has 1 N–H and O–H groups in total. The number of thiazole rings is 1. The SMILES string of the molecule is Cc1nnc(Sc2nc3sccn3c2CNC2CC2)n1C. The van der Waals surface area contributed by atoms with Crippen molar-refractivity contribution >= 4 is 28.1 Å². The average molecular weight is 320 g/mol. The van der Waals surface area contributed by atoms with E-state index < -0.39 is 0 Å². The topological polar surface area (TPSA) is 60.0 Å². The summed E-state index contributed by atoms with van der Waals surface area (Å²) in [6.45, 7) is 2.81. The molecular weight excluding hydrogens is 304 g/mol. The van der Waals surface area contributed by atoms with Gasteiger partial charge in [0.15, 0.2) is 10.1 Å². The minimum Gasteiger partial charge on any atom is -0.309 e. The molecule has 8 heteroatoms. The molecule has 1 saturated carbocycles. The first-order chi connectivity index (χ1) is 10.2. The van der Waals surface area contributed by atoms with Crippen LogP contribution < -0.4 is 5.32 Å². The lowest BCUT2D eigenvalue weighted by atomic mass is 10.4. The van der Waals surface area contributed by atoms with E-state index in [9.17, 15) is 0 Å². The fraction of sp³-hybridized carbons (Fsp3) is 0.462. The molecule has 3 aromatic rings. The summed E-state index contributed by atoms with van der Waals surface area (Å²) in [5.74, 6) is 0.913. The summed E-state index contributed by atoms with van der Waals surface area (Å²) >= 11 is 3.25. The van der Waals surface area contributed by atoms with Gasteiger partial charge in [0.25, 0.3) is 0 Å². The van der Waals surface area contributed by atoms with Gasteiger partial charge in [-0.3, -0.25) is 4.40 Å². The number of hydrogen-bond donors (Lipinski definition) is 1. The van der Waals surface area contributed by atoms with Crippen LogP contribution in [-0.2, 0) is 13.6 Å². The van der Waals surface area contributed by atoms with Crippen molar-refractivity contribution < 1.29 is 0 Å². The number of nitrogens with one attached hydrogen (secondary N) is 1. The first-order valence-corrected chi connectivity index (χ1v) is 8.63. The lowest BCUT2D eigenvalue weighted by Crippen LogP contribution is -2.17. The smallest absolute Gasteiger partial charge is 0.197 e. The lowest BCUT2D eigenvalue weighted by Gasteiger charge is -2.05. The molecule has 1 fully saturated rings. The molecular formula is C13H16N6S2. The first kappa shape index (κ1) is 13.3. The van der Waals surface area contributed by atoms with Crippen LogP contribution in [0.2, 0.25) is 0 Å². The standard InChI is InChI=1S/C13H16N6S2/c1-8-16-17-13(18(8)2)21-11-10(7-14-9-3-4-9)19-5-6-20-12(19)15-11/h5-6,9,14H,3-4,7H2,1-2H3. The van der Waals surface area contributed by atoms with E-state index in [0.29, 0.717) is 6.04 Å². The third kappa shape index (κ3) is 2.47. The van der Waals surface area contributed by atoms with Crippen LogP contribution in [0.1, 0.15) is 24.4 Å². The number of imidazole rings is 1. The highest BCUT2D eigenvalue weighted by molar-refractivity contribution is 7.99. The van der Waals surface area contributed by atoms with Crippen molar-refractivity contribution in [1.82, 2.24) is 29.5 Å². The van der Waals surface area contributed by atoms with Gasteiger partial charge >= 0.3 is 0 Å². The summed E-state index contributed by atoms with van der Waals surface area (Å²) in [6, 6.07) is 0.684. The van der Waals surface area contributed by atoms with Crippen LogP contribution in [-0.4, -0.2) is 30.2 Å². The summed E-state index contributed by atoms with van der Waals surface area (Å²) < 4.78 is 4.17. The van der Waals surface area contributed by atoms with Gasteiger partial charge in [0.05, 0.1) is 5.69 Å². The van der Waals surface area contributed by atoms with E-state index in [0.717, 1.165) is 27.5 Å². The molecule has 0 amide bonds. The van der Waals surface area contributed by atoms with Gasteiger partial charge in [-0.15, -0.1) is 21.5 Å². The first-order valence-electron chi connectivity index (χ1n) is 6.94. The van der Waals surface area contributed by atoms with Crippen molar-refractivity contribution in [2.75, 3.05) is 0 Å². The Labute approximate surface area is 130 Å². The Balaban J connectivity index is 1.67. The molecule has 1 aliphatic carbocycles. The molecule has 110 valence electrons. The third-order valence-electron chi connectivity index (χ3n) is 3.70. The molecule has 0 atom stereocenters. The summed E-state index contributed by atoms with van der Waals surface area (Å²) in [6.07, 6.45) is 4.66. The zero-order valence-electron chi connectivity index (χ0n) is 11.9. The van der Waals surface area contributed by atoms with Crippen LogP contribution in [0.3, 0.4) is 0 Å². The van der Waals surface area contributed by atoms with E-state index >= 15 is 0 Å². The van der Waals surface area contributed by atoms with Crippen LogP contribution >= 0.6 is 23.1 Å². The quantitative estimate of drug-likeness (QED) is 0.781. The number of nitrogens with zero attached hydrogens (tertiary/aromatic N) is 5. The predicted octanol–water partition coefficient (Wildman–Crippen LogP) is 2.24. The molecule has 0 saturated heterocycles. The van der Waals surface area contributed by atoms with Gasteiger partial charge in [0.1, 0.15) is 10.9 Å². The Morgan fingerprint density at radius 1 is 1.43 bits per heavy atom. The Kier molecular flexibility index (Phi) is 3.24. The van der Waals surface area contributed by atoms with Gasteiger partial charge in [0, 0.05) is 31.2 Å². The Morgan fingerprint density at radius 3 is 3.00 bits per heavy atom. The molecule has 0 aromatic carbocycles. The molecule has 0 radical (unpaired) electrons. The fourth-order valence-corrected chi connectivity index (χ4v) is 3.88. The normalized spacial score (nSPS) is 15.1. The molecule has 3 aromatic heterocycles. The molecule has 0 unspecified atom stereocenters. The monoisotopic (exact) mass is 320 g/mol. The summed E-state index contributed by atoms with van der Waals surface area (Å²) in [5.41, 5.74) is 1.21. The van der Waals surface area contributed by atoms with Crippen LogP contribution in [0.15, 0.2) is 21.8 Å². The minimum atomic E-state index is 0.684. The third-order valence-corrected chi connectivity index (χ3v) is 5.52. The number of aromatic nitrogens is 5. The maximum absolute atomic E-state index is 4.74. The van der Waals surface area contributed by atoms with Crippen molar-refractivity contribution in [3.63, 3.8) is 0 Å². The Bertz CT molecular complexity index is 782. The van der Waals surface area contributed by atoms with Gasteiger partial charge in [-0.1, -0.05) is 0 Å². The van der Waals surface area contributed by atoms with Crippen LogP contribution in [0.4, 0.5) is 0 Å².